The van der Waals surface area contributed by atoms with E-state index >= 15 is 0 Å². The second-order valence-corrected chi connectivity index (χ2v) is 4.91. The van der Waals surface area contributed by atoms with Gasteiger partial charge in [0, 0.05) is 37.5 Å². The minimum atomic E-state index is 0.388. The van der Waals surface area contributed by atoms with Gasteiger partial charge in [-0.15, -0.1) is 0 Å². The van der Waals surface area contributed by atoms with Crippen molar-refractivity contribution in [2.75, 3.05) is 13.7 Å². The highest BCUT2D eigenvalue weighted by Crippen LogP contribution is 2.26. The molecule has 1 aromatic rings. The van der Waals surface area contributed by atoms with Gasteiger partial charge < -0.3 is 10.1 Å². The summed E-state index contributed by atoms with van der Waals surface area (Å²) >= 11 is 0. The predicted molar refractivity (Wildman–Crippen MR) is 67.9 cm³/mol. The average Bonchev–Trinajstić information content (AvgIpc) is 2.90. The van der Waals surface area contributed by atoms with Crippen LogP contribution in [0.15, 0.2) is 12.3 Å². The highest BCUT2D eigenvalue weighted by molar-refractivity contribution is 5.01. The first-order chi connectivity index (χ1) is 8.22. The molecule has 2 rings (SSSR count). The lowest BCUT2D eigenvalue weighted by Crippen LogP contribution is -2.37. The third-order valence-corrected chi connectivity index (χ3v) is 3.96. The van der Waals surface area contributed by atoms with E-state index in [1.807, 2.05) is 17.9 Å². The van der Waals surface area contributed by atoms with Crippen molar-refractivity contribution in [2.45, 2.75) is 38.3 Å². The first-order valence-corrected chi connectivity index (χ1v) is 6.48. The van der Waals surface area contributed by atoms with Gasteiger partial charge in [0.1, 0.15) is 0 Å². The monoisotopic (exact) mass is 237 g/mol. The fraction of sp³-hybridized carbons (Fsp3) is 0.769. The Hall–Kier alpha value is -0.870. The average molecular weight is 237 g/mol. The summed E-state index contributed by atoms with van der Waals surface area (Å²) < 4.78 is 7.61. The first-order valence-electron chi connectivity index (χ1n) is 6.48. The number of ether oxygens (including phenoxy) is 1. The summed E-state index contributed by atoms with van der Waals surface area (Å²) in [7, 11) is 4.06. The van der Waals surface area contributed by atoms with E-state index in [2.05, 4.69) is 30.5 Å². The predicted octanol–water partition coefficient (Wildman–Crippen LogP) is 1.37. The smallest absolute Gasteiger partial charge is 0.0590 e. The third kappa shape index (κ3) is 2.87. The molecule has 0 amide bonds. The van der Waals surface area contributed by atoms with Crippen LogP contribution in [-0.4, -0.2) is 35.6 Å². The molecule has 1 aromatic heterocycles. The number of nitrogens with zero attached hydrogens (tertiary/aromatic N) is 2. The van der Waals surface area contributed by atoms with Crippen LogP contribution in [0.3, 0.4) is 0 Å². The van der Waals surface area contributed by atoms with Crippen LogP contribution in [0, 0.1) is 5.92 Å². The highest BCUT2D eigenvalue weighted by Gasteiger charge is 2.30. The quantitative estimate of drug-likeness (QED) is 0.840. The van der Waals surface area contributed by atoms with Crippen molar-refractivity contribution in [1.82, 2.24) is 15.1 Å². The van der Waals surface area contributed by atoms with Crippen molar-refractivity contribution < 1.29 is 4.74 Å². The van der Waals surface area contributed by atoms with Crippen molar-refractivity contribution in [3.05, 3.63) is 18.0 Å². The van der Waals surface area contributed by atoms with Gasteiger partial charge in [0.15, 0.2) is 0 Å². The van der Waals surface area contributed by atoms with Crippen LogP contribution < -0.4 is 5.32 Å². The molecule has 1 saturated heterocycles. The van der Waals surface area contributed by atoms with Gasteiger partial charge in [0.25, 0.3) is 0 Å². The summed E-state index contributed by atoms with van der Waals surface area (Å²) in [5.74, 6) is 0.647. The van der Waals surface area contributed by atoms with Crippen LogP contribution in [0.2, 0.25) is 0 Å². The van der Waals surface area contributed by atoms with Crippen molar-refractivity contribution in [1.29, 1.82) is 0 Å². The molecule has 1 fully saturated rings. The van der Waals surface area contributed by atoms with E-state index in [9.17, 15) is 0 Å². The Morgan fingerprint density at radius 1 is 1.65 bits per heavy atom. The number of hydrogen-bond donors (Lipinski definition) is 1. The molecule has 0 bridgehead atoms. The molecule has 3 unspecified atom stereocenters. The Balaban J connectivity index is 1.89. The zero-order valence-electron chi connectivity index (χ0n) is 11.0. The maximum atomic E-state index is 5.65. The number of rotatable bonds is 5. The lowest BCUT2D eigenvalue weighted by atomic mass is 9.90. The maximum Gasteiger partial charge on any atom is 0.0590 e. The van der Waals surface area contributed by atoms with Gasteiger partial charge in [0.2, 0.25) is 0 Å². The topological polar surface area (TPSA) is 39.1 Å². The van der Waals surface area contributed by atoms with Gasteiger partial charge in [-0.1, -0.05) is 0 Å². The number of hydrogen-bond acceptors (Lipinski definition) is 3. The second kappa shape index (κ2) is 5.65. The Kier molecular flexibility index (Phi) is 4.18. The van der Waals surface area contributed by atoms with E-state index in [1.54, 1.807) is 0 Å². The van der Waals surface area contributed by atoms with Gasteiger partial charge in [-0.2, -0.15) is 5.10 Å². The Morgan fingerprint density at radius 3 is 3.00 bits per heavy atom. The van der Waals surface area contributed by atoms with Crippen molar-refractivity contribution >= 4 is 0 Å². The summed E-state index contributed by atoms with van der Waals surface area (Å²) in [6, 6.07) is 2.64. The zero-order valence-corrected chi connectivity index (χ0v) is 11.0. The molecule has 0 radical (unpaired) electrons. The van der Waals surface area contributed by atoms with Crippen LogP contribution in [0.25, 0.3) is 0 Å². The van der Waals surface area contributed by atoms with Gasteiger partial charge in [-0.25, -0.2) is 0 Å². The number of nitrogens with one attached hydrogen (secondary N) is 1. The fourth-order valence-electron chi connectivity index (χ4n) is 2.80. The summed E-state index contributed by atoms with van der Waals surface area (Å²) in [5.41, 5.74) is 1.30. The van der Waals surface area contributed by atoms with Gasteiger partial charge in [-0.3, -0.25) is 4.68 Å². The van der Waals surface area contributed by atoms with Crippen LogP contribution >= 0.6 is 0 Å². The molecule has 4 heteroatoms. The fourth-order valence-corrected chi connectivity index (χ4v) is 2.80. The molecule has 17 heavy (non-hydrogen) atoms. The normalized spacial score (nSPS) is 26.3. The summed E-state index contributed by atoms with van der Waals surface area (Å²) in [4.78, 5) is 0. The zero-order chi connectivity index (χ0) is 12.3. The van der Waals surface area contributed by atoms with Gasteiger partial charge >= 0.3 is 0 Å². The molecule has 0 aromatic carbocycles. The highest BCUT2D eigenvalue weighted by atomic mass is 16.5. The maximum absolute atomic E-state index is 5.65. The Bertz CT molecular complexity index is 350. The summed E-state index contributed by atoms with van der Waals surface area (Å²) in [6.45, 7) is 3.10. The Morgan fingerprint density at radius 2 is 2.47 bits per heavy atom. The van der Waals surface area contributed by atoms with E-state index in [0.717, 1.165) is 19.4 Å². The first kappa shape index (κ1) is 12.6. The standard InChI is InChI=1S/C13H23N3O/c1-10-12(7-9-17-10)13(14-2)5-4-11-6-8-15-16(11)3/h6,8,10,12-14H,4-5,7,9H2,1-3H3. The molecule has 2 heterocycles. The van der Waals surface area contributed by atoms with E-state index in [-0.39, 0.29) is 0 Å². The van der Waals surface area contributed by atoms with E-state index in [1.165, 1.54) is 12.1 Å². The molecule has 0 aliphatic carbocycles. The Labute approximate surface area is 103 Å². The van der Waals surface area contributed by atoms with E-state index < -0.39 is 0 Å². The van der Waals surface area contributed by atoms with Crippen LogP contribution in [0.4, 0.5) is 0 Å². The molecular weight excluding hydrogens is 214 g/mol. The van der Waals surface area contributed by atoms with Crippen LogP contribution in [0.1, 0.15) is 25.5 Å². The number of aromatic nitrogens is 2. The van der Waals surface area contributed by atoms with Crippen molar-refractivity contribution in [2.24, 2.45) is 13.0 Å². The molecule has 1 aliphatic heterocycles. The second-order valence-electron chi connectivity index (χ2n) is 4.91. The molecule has 0 spiro atoms. The minimum Gasteiger partial charge on any atom is -0.378 e. The minimum absolute atomic E-state index is 0.388. The van der Waals surface area contributed by atoms with Gasteiger partial charge in [0.05, 0.1) is 6.10 Å². The van der Waals surface area contributed by atoms with Crippen LogP contribution in [-0.2, 0) is 18.2 Å². The number of aryl methyl sites for hydroxylation is 2. The van der Waals surface area contributed by atoms with Gasteiger partial charge in [-0.05, 0) is 39.3 Å². The summed E-state index contributed by atoms with van der Waals surface area (Å²) in [6.07, 6.45) is 5.65. The SMILES string of the molecule is CNC(CCc1ccnn1C)C1CCOC1C. The molecule has 1 N–H and O–H groups in total. The largest absolute Gasteiger partial charge is 0.378 e. The molecule has 0 saturated carbocycles. The van der Waals surface area contributed by atoms with E-state index in [0.29, 0.717) is 18.1 Å². The lowest BCUT2D eigenvalue weighted by Gasteiger charge is -2.25. The van der Waals surface area contributed by atoms with Crippen LogP contribution in [0.5, 0.6) is 0 Å². The molecular formula is C13H23N3O. The van der Waals surface area contributed by atoms with Crippen molar-refractivity contribution in [3.8, 4) is 0 Å². The molecule has 96 valence electrons. The molecule has 3 atom stereocenters. The van der Waals surface area contributed by atoms with Crippen molar-refractivity contribution in [3.63, 3.8) is 0 Å². The lowest BCUT2D eigenvalue weighted by molar-refractivity contribution is 0.0952. The molecule has 4 nitrogen and oxygen atoms in total. The third-order valence-electron chi connectivity index (χ3n) is 3.96. The molecule has 1 aliphatic rings. The summed E-state index contributed by atoms with van der Waals surface area (Å²) in [5, 5.41) is 7.65. The van der Waals surface area contributed by atoms with E-state index in [4.69, 9.17) is 4.74 Å².